The van der Waals surface area contributed by atoms with E-state index in [1.54, 1.807) is 19.2 Å². The van der Waals surface area contributed by atoms with Gasteiger partial charge in [0.25, 0.3) is 0 Å². The predicted octanol–water partition coefficient (Wildman–Crippen LogP) is 3.12. The first-order chi connectivity index (χ1) is 9.69. The van der Waals surface area contributed by atoms with Crippen LogP contribution < -0.4 is 5.73 Å². The zero-order valence-corrected chi connectivity index (χ0v) is 11.8. The van der Waals surface area contributed by atoms with Crippen molar-refractivity contribution in [1.29, 1.82) is 0 Å². The molecule has 0 unspecified atom stereocenters. The number of esters is 1. The van der Waals surface area contributed by atoms with Crippen molar-refractivity contribution in [3.63, 3.8) is 0 Å². The molecule has 2 N–H and O–H groups in total. The highest BCUT2D eigenvalue weighted by molar-refractivity contribution is 5.89. The molecular formula is C13H21N5O2. The smallest absolute Gasteiger partial charge is 0.355 e. The van der Waals surface area contributed by atoms with Gasteiger partial charge in [-0.1, -0.05) is 18.0 Å². The summed E-state index contributed by atoms with van der Waals surface area (Å²) >= 11 is 0. The zero-order chi connectivity index (χ0) is 14.8. The van der Waals surface area contributed by atoms with E-state index >= 15 is 0 Å². The fourth-order valence-corrected chi connectivity index (χ4v) is 1.96. The molecule has 0 aliphatic heterocycles. The number of nitrogens with two attached hydrogens (primary N) is 1. The first-order valence-corrected chi connectivity index (χ1v) is 6.82. The fourth-order valence-electron chi connectivity index (χ4n) is 1.96. The molecule has 0 aromatic carbocycles. The topological polar surface area (TPSA) is 106 Å². The number of azide groups is 1. The summed E-state index contributed by atoms with van der Waals surface area (Å²) in [5.41, 5.74) is 14.9. The van der Waals surface area contributed by atoms with Crippen molar-refractivity contribution in [3.8, 4) is 0 Å². The van der Waals surface area contributed by atoms with E-state index in [2.05, 4.69) is 10.0 Å². The second-order valence-corrected chi connectivity index (χ2v) is 4.44. The van der Waals surface area contributed by atoms with Crippen molar-refractivity contribution < 1.29 is 9.53 Å². The third kappa shape index (κ3) is 5.24. The maximum Gasteiger partial charge on any atom is 0.355 e. The van der Waals surface area contributed by atoms with Gasteiger partial charge in [0, 0.05) is 24.2 Å². The molecule has 7 nitrogen and oxygen atoms in total. The van der Waals surface area contributed by atoms with Crippen LogP contribution in [0.1, 0.15) is 43.1 Å². The lowest BCUT2D eigenvalue weighted by molar-refractivity contribution is 0.0513. The largest absolute Gasteiger partial charge is 0.461 e. The number of rotatable bonds is 9. The second kappa shape index (κ2) is 8.87. The molecule has 0 saturated carbocycles. The maximum atomic E-state index is 11.7. The van der Waals surface area contributed by atoms with Crippen LogP contribution in [-0.2, 0) is 11.3 Å². The van der Waals surface area contributed by atoms with E-state index in [0.717, 1.165) is 32.2 Å². The van der Waals surface area contributed by atoms with Crippen molar-refractivity contribution in [2.45, 2.75) is 39.2 Å². The summed E-state index contributed by atoms with van der Waals surface area (Å²) in [6, 6.07) is 1.64. The summed E-state index contributed by atoms with van der Waals surface area (Å²) in [5, 5.41) is 3.49. The van der Waals surface area contributed by atoms with Crippen molar-refractivity contribution in [2.24, 2.45) is 5.11 Å². The number of carbonyl (C=O) groups excluding carboxylic acids is 1. The van der Waals surface area contributed by atoms with Crippen LogP contribution in [0.5, 0.6) is 0 Å². The lowest BCUT2D eigenvalue weighted by Gasteiger charge is -2.08. The standard InChI is InChI=1S/C13H21N5O2/c1-2-20-13(19)12-9-11(14)10-18(12)8-6-4-3-5-7-16-17-15/h9-10H,2-8,14H2,1H3. The number of ether oxygens (including phenoxy) is 1. The Hall–Kier alpha value is -2.14. The number of nitrogen functional groups attached to an aromatic ring is 1. The summed E-state index contributed by atoms with van der Waals surface area (Å²) < 4.78 is 6.83. The van der Waals surface area contributed by atoms with Crippen molar-refractivity contribution in [3.05, 3.63) is 28.4 Å². The van der Waals surface area contributed by atoms with Crippen LogP contribution in [-0.4, -0.2) is 23.7 Å². The number of anilines is 1. The molecule has 0 radical (unpaired) electrons. The van der Waals surface area contributed by atoms with Gasteiger partial charge in [0.2, 0.25) is 0 Å². The van der Waals surface area contributed by atoms with E-state index in [0.29, 0.717) is 24.5 Å². The molecule has 1 rings (SSSR count). The van der Waals surface area contributed by atoms with Crippen LogP contribution >= 0.6 is 0 Å². The molecule has 0 fully saturated rings. The lowest BCUT2D eigenvalue weighted by atomic mass is 10.2. The van der Waals surface area contributed by atoms with Crippen LogP contribution in [0, 0.1) is 0 Å². The first kappa shape index (κ1) is 15.9. The molecule has 1 heterocycles. The molecular weight excluding hydrogens is 258 g/mol. The zero-order valence-electron chi connectivity index (χ0n) is 11.8. The highest BCUT2D eigenvalue weighted by atomic mass is 16.5. The molecule has 0 saturated heterocycles. The van der Waals surface area contributed by atoms with Crippen LogP contribution in [0.25, 0.3) is 10.4 Å². The Morgan fingerprint density at radius 1 is 1.45 bits per heavy atom. The van der Waals surface area contributed by atoms with Crippen LogP contribution in [0.2, 0.25) is 0 Å². The fraction of sp³-hybridized carbons (Fsp3) is 0.615. The Bertz CT molecular complexity index is 477. The summed E-state index contributed by atoms with van der Waals surface area (Å²) in [4.78, 5) is 14.4. The van der Waals surface area contributed by atoms with Gasteiger partial charge in [0.15, 0.2) is 0 Å². The monoisotopic (exact) mass is 279 g/mol. The third-order valence-electron chi connectivity index (χ3n) is 2.87. The van der Waals surface area contributed by atoms with E-state index in [4.69, 9.17) is 16.0 Å². The third-order valence-corrected chi connectivity index (χ3v) is 2.87. The summed E-state index contributed by atoms with van der Waals surface area (Å²) in [6.07, 6.45) is 5.61. The Kier molecular flexibility index (Phi) is 7.06. The number of hydrogen-bond acceptors (Lipinski definition) is 4. The Morgan fingerprint density at radius 2 is 2.20 bits per heavy atom. The predicted molar refractivity (Wildman–Crippen MR) is 77.3 cm³/mol. The highest BCUT2D eigenvalue weighted by Gasteiger charge is 2.13. The van der Waals surface area contributed by atoms with Gasteiger partial charge in [-0.25, -0.2) is 4.79 Å². The number of unbranched alkanes of at least 4 members (excludes halogenated alkanes) is 3. The van der Waals surface area contributed by atoms with Gasteiger partial charge >= 0.3 is 5.97 Å². The van der Waals surface area contributed by atoms with Crippen LogP contribution in [0.15, 0.2) is 17.4 Å². The van der Waals surface area contributed by atoms with Gasteiger partial charge in [-0.2, -0.15) is 0 Å². The van der Waals surface area contributed by atoms with Crippen molar-refractivity contribution >= 4 is 11.7 Å². The quantitative estimate of drug-likeness (QED) is 0.247. The number of carbonyl (C=O) groups is 1. The van der Waals surface area contributed by atoms with Gasteiger partial charge in [0.1, 0.15) is 5.69 Å². The molecule has 0 aliphatic carbocycles. The van der Waals surface area contributed by atoms with Gasteiger partial charge < -0.3 is 15.0 Å². The average molecular weight is 279 g/mol. The summed E-state index contributed by atoms with van der Waals surface area (Å²) in [7, 11) is 0. The molecule has 7 heteroatoms. The molecule has 0 aliphatic rings. The minimum atomic E-state index is -0.340. The lowest BCUT2D eigenvalue weighted by Crippen LogP contribution is -2.11. The van der Waals surface area contributed by atoms with E-state index in [1.165, 1.54) is 0 Å². The molecule has 1 aromatic heterocycles. The van der Waals surface area contributed by atoms with Crippen LogP contribution in [0.4, 0.5) is 5.69 Å². The van der Waals surface area contributed by atoms with Gasteiger partial charge in [-0.3, -0.25) is 0 Å². The van der Waals surface area contributed by atoms with Gasteiger partial charge in [-0.15, -0.1) is 0 Å². The second-order valence-electron chi connectivity index (χ2n) is 4.44. The van der Waals surface area contributed by atoms with Crippen molar-refractivity contribution in [1.82, 2.24) is 4.57 Å². The summed E-state index contributed by atoms with van der Waals surface area (Å²) in [6.45, 7) is 3.40. The van der Waals surface area contributed by atoms with Gasteiger partial charge in [-0.05, 0) is 31.4 Å². The minimum Gasteiger partial charge on any atom is -0.461 e. The van der Waals surface area contributed by atoms with Crippen molar-refractivity contribution in [2.75, 3.05) is 18.9 Å². The molecule has 110 valence electrons. The Morgan fingerprint density at radius 3 is 2.90 bits per heavy atom. The first-order valence-electron chi connectivity index (χ1n) is 6.82. The van der Waals surface area contributed by atoms with Gasteiger partial charge in [0.05, 0.1) is 12.3 Å². The average Bonchev–Trinajstić information content (AvgIpc) is 2.79. The Balaban J connectivity index is 2.39. The van der Waals surface area contributed by atoms with E-state index in [1.807, 2.05) is 4.57 Å². The number of aromatic nitrogens is 1. The van der Waals surface area contributed by atoms with E-state index < -0.39 is 0 Å². The van der Waals surface area contributed by atoms with E-state index in [-0.39, 0.29) is 5.97 Å². The molecule has 1 aromatic rings. The molecule has 0 bridgehead atoms. The molecule has 0 amide bonds. The number of nitrogens with zero attached hydrogens (tertiary/aromatic N) is 4. The number of aryl methyl sites for hydroxylation is 1. The Labute approximate surface area is 118 Å². The normalized spacial score (nSPS) is 10.1. The molecule has 0 atom stereocenters. The SMILES string of the molecule is CCOC(=O)c1cc(N)cn1CCCCCCN=[N+]=[N-]. The molecule has 20 heavy (non-hydrogen) atoms. The minimum absolute atomic E-state index is 0.340. The van der Waals surface area contributed by atoms with Crippen LogP contribution in [0.3, 0.4) is 0 Å². The summed E-state index contributed by atoms with van der Waals surface area (Å²) in [5.74, 6) is -0.340. The maximum absolute atomic E-state index is 11.7. The number of hydrogen-bond donors (Lipinski definition) is 1. The van der Waals surface area contributed by atoms with E-state index in [9.17, 15) is 4.79 Å². The molecule has 0 spiro atoms. The highest BCUT2D eigenvalue weighted by Crippen LogP contribution is 2.14.